The van der Waals surface area contributed by atoms with E-state index in [-0.39, 0.29) is 17.0 Å². The number of nitrogens with zero attached hydrogens (tertiary/aromatic N) is 1. The first-order valence-electron chi connectivity index (χ1n) is 5.20. The van der Waals surface area contributed by atoms with E-state index in [0.717, 1.165) is 5.57 Å². The molecule has 0 aromatic rings. The van der Waals surface area contributed by atoms with E-state index in [1.54, 1.807) is 0 Å². The van der Waals surface area contributed by atoms with Crippen LogP contribution in [0.15, 0.2) is 11.3 Å². The number of hydrogen-bond donors (Lipinski definition) is 2. The van der Waals surface area contributed by atoms with E-state index >= 15 is 0 Å². The molecule has 1 saturated heterocycles. The summed E-state index contributed by atoms with van der Waals surface area (Å²) in [7, 11) is 0. The van der Waals surface area contributed by atoms with Crippen LogP contribution < -0.4 is 5.32 Å². The molecule has 0 saturated carbocycles. The Balaban J connectivity index is 2.27. The largest absolute Gasteiger partial charge is 0.477 e. The second-order valence-electron chi connectivity index (χ2n) is 3.86. The molecule has 1 fully saturated rings. The summed E-state index contributed by atoms with van der Waals surface area (Å²) in [6, 6.07) is -0.599. The zero-order valence-electron chi connectivity index (χ0n) is 9.58. The Kier molecular flexibility index (Phi) is 3.86. The normalized spacial score (nSPS) is 26.5. The van der Waals surface area contributed by atoms with Gasteiger partial charge in [-0.1, -0.05) is 0 Å². The van der Waals surface area contributed by atoms with Gasteiger partial charge in [-0.05, 0) is 11.8 Å². The number of fused-ring (bicyclic) bond motifs is 1. The van der Waals surface area contributed by atoms with E-state index in [0.29, 0.717) is 17.9 Å². The Hall–Kier alpha value is -1.15. The number of hydrogen-bond acceptors (Lipinski definition) is 5. The Bertz CT molecular complexity index is 438. The summed E-state index contributed by atoms with van der Waals surface area (Å²) in [5, 5.41) is 11.4. The zero-order chi connectivity index (χ0) is 13.3. The molecule has 2 amide bonds. The van der Waals surface area contributed by atoms with E-state index in [2.05, 4.69) is 5.32 Å². The standard InChI is InChI=1S/C10H12N2O4S2/c1-17-2-5-3-18-9-6(11-4-13)8(14)12(9)7(5)10(15)16/h4,6,9H,2-3H2,1H3,(H,11,13)(H,15,16)/t6-,9-/m1/s1. The minimum atomic E-state index is -1.08. The average molecular weight is 288 g/mol. The van der Waals surface area contributed by atoms with Crippen LogP contribution in [-0.4, -0.2) is 57.5 Å². The van der Waals surface area contributed by atoms with Crippen molar-refractivity contribution >= 4 is 41.8 Å². The Morgan fingerprint density at radius 1 is 1.72 bits per heavy atom. The Morgan fingerprint density at radius 2 is 2.44 bits per heavy atom. The van der Waals surface area contributed by atoms with Crippen molar-refractivity contribution < 1.29 is 19.5 Å². The second kappa shape index (κ2) is 5.23. The van der Waals surface area contributed by atoms with Crippen LogP contribution in [0.3, 0.4) is 0 Å². The van der Waals surface area contributed by atoms with Crippen LogP contribution in [0, 0.1) is 0 Å². The summed E-state index contributed by atoms with van der Waals surface area (Å²) in [6.07, 6.45) is 2.36. The molecule has 2 aliphatic rings. The lowest BCUT2D eigenvalue weighted by Gasteiger charge is -2.49. The summed E-state index contributed by atoms with van der Waals surface area (Å²) in [5.41, 5.74) is 0.844. The highest BCUT2D eigenvalue weighted by atomic mass is 32.2. The van der Waals surface area contributed by atoms with Gasteiger partial charge >= 0.3 is 5.97 Å². The molecule has 0 aromatic carbocycles. The number of carboxylic acid groups (broad SMARTS) is 1. The third-order valence-corrected chi connectivity index (χ3v) is 4.79. The number of carboxylic acids is 1. The van der Waals surface area contributed by atoms with Crippen LogP contribution >= 0.6 is 23.5 Å². The maximum Gasteiger partial charge on any atom is 0.352 e. The number of nitrogens with one attached hydrogen (secondary N) is 1. The van der Waals surface area contributed by atoms with Crippen molar-refractivity contribution in [1.29, 1.82) is 0 Å². The highest BCUT2D eigenvalue weighted by molar-refractivity contribution is 8.00. The fourth-order valence-electron chi connectivity index (χ4n) is 2.06. The second-order valence-corrected chi connectivity index (χ2v) is 5.83. The number of amides is 2. The molecule has 0 bridgehead atoms. The van der Waals surface area contributed by atoms with E-state index in [1.165, 1.54) is 28.4 Å². The van der Waals surface area contributed by atoms with Crippen molar-refractivity contribution in [3.63, 3.8) is 0 Å². The molecule has 0 unspecified atom stereocenters. The van der Waals surface area contributed by atoms with Gasteiger partial charge in [0.25, 0.3) is 5.91 Å². The molecule has 2 N–H and O–H groups in total. The number of aliphatic carboxylic acids is 1. The lowest BCUT2D eigenvalue weighted by atomic mass is 10.0. The molecule has 2 atom stereocenters. The van der Waals surface area contributed by atoms with Crippen molar-refractivity contribution in [1.82, 2.24) is 10.2 Å². The molecule has 6 nitrogen and oxygen atoms in total. The van der Waals surface area contributed by atoms with Crippen LogP contribution in [0.4, 0.5) is 0 Å². The summed E-state index contributed by atoms with van der Waals surface area (Å²) in [5.74, 6) is -0.261. The predicted molar refractivity (Wildman–Crippen MR) is 69.1 cm³/mol. The SMILES string of the molecule is CSCC1=C(C(=O)O)N2C(=O)[C@@H](NC=O)[C@H]2SC1. The van der Waals surface area contributed by atoms with Gasteiger partial charge in [-0.25, -0.2) is 4.79 Å². The summed E-state index contributed by atoms with van der Waals surface area (Å²) in [4.78, 5) is 34.8. The summed E-state index contributed by atoms with van der Waals surface area (Å²) in [6.45, 7) is 0. The van der Waals surface area contributed by atoms with Crippen molar-refractivity contribution in [2.45, 2.75) is 11.4 Å². The lowest BCUT2D eigenvalue weighted by molar-refractivity contribution is -0.149. The molecule has 0 aliphatic carbocycles. The molecular weight excluding hydrogens is 276 g/mol. The van der Waals surface area contributed by atoms with Crippen LogP contribution in [0.25, 0.3) is 0 Å². The topological polar surface area (TPSA) is 86.7 Å². The van der Waals surface area contributed by atoms with Crippen LogP contribution in [0.2, 0.25) is 0 Å². The first-order chi connectivity index (χ1) is 8.61. The molecular formula is C10H12N2O4S2. The van der Waals surface area contributed by atoms with Gasteiger partial charge in [-0.2, -0.15) is 11.8 Å². The smallest absolute Gasteiger partial charge is 0.352 e. The minimum Gasteiger partial charge on any atom is -0.477 e. The number of rotatable bonds is 5. The summed E-state index contributed by atoms with van der Waals surface area (Å²) >= 11 is 3.01. The van der Waals surface area contributed by atoms with E-state index < -0.39 is 12.0 Å². The van der Waals surface area contributed by atoms with E-state index in [9.17, 15) is 19.5 Å². The van der Waals surface area contributed by atoms with E-state index in [1.807, 2.05) is 6.26 Å². The molecule has 98 valence electrons. The predicted octanol–water partition coefficient (Wildman–Crippen LogP) is -0.282. The van der Waals surface area contributed by atoms with Crippen molar-refractivity contribution in [3.8, 4) is 0 Å². The van der Waals surface area contributed by atoms with Crippen molar-refractivity contribution in [2.24, 2.45) is 0 Å². The number of carbonyl (C=O) groups excluding carboxylic acids is 2. The molecule has 0 radical (unpaired) electrons. The minimum absolute atomic E-state index is 0.0852. The maximum absolute atomic E-state index is 11.8. The highest BCUT2D eigenvalue weighted by Crippen LogP contribution is 2.40. The van der Waals surface area contributed by atoms with Gasteiger partial charge in [0.1, 0.15) is 17.1 Å². The Morgan fingerprint density at radius 3 is 3.00 bits per heavy atom. The molecule has 18 heavy (non-hydrogen) atoms. The molecule has 2 heterocycles. The number of β-lactam (4-membered cyclic amide) rings is 1. The fourth-order valence-corrected chi connectivity index (χ4v) is 4.14. The van der Waals surface area contributed by atoms with Crippen LogP contribution in [-0.2, 0) is 14.4 Å². The van der Waals surface area contributed by atoms with Gasteiger partial charge in [0, 0.05) is 11.5 Å². The molecule has 8 heteroatoms. The van der Waals surface area contributed by atoms with Crippen LogP contribution in [0.1, 0.15) is 0 Å². The van der Waals surface area contributed by atoms with E-state index in [4.69, 9.17) is 0 Å². The average Bonchev–Trinajstić information content (AvgIpc) is 2.35. The van der Waals surface area contributed by atoms with Gasteiger partial charge in [-0.15, -0.1) is 11.8 Å². The monoisotopic (exact) mass is 288 g/mol. The van der Waals surface area contributed by atoms with Crippen molar-refractivity contribution in [3.05, 3.63) is 11.3 Å². The third-order valence-electron chi connectivity index (χ3n) is 2.82. The highest BCUT2D eigenvalue weighted by Gasteiger charge is 2.53. The maximum atomic E-state index is 11.8. The van der Waals surface area contributed by atoms with Crippen molar-refractivity contribution in [2.75, 3.05) is 17.8 Å². The van der Waals surface area contributed by atoms with Crippen LogP contribution in [0.5, 0.6) is 0 Å². The molecule has 2 aliphatic heterocycles. The first-order valence-corrected chi connectivity index (χ1v) is 7.64. The zero-order valence-corrected chi connectivity index (χ0v) is 11.2. The quantitative estimate of drug-likeness (QED) is 0.534. The molecule has 2 rings (SSSR count). The lowest BCUT2D eigenvalue weighted by Crippen LogP contribution is -2.69. The molecule has 0 spiro atoms. The molecule has 0 aromatic heterocycles. The van der Waals surface area contributed by atoms with Gasteiger partial charge in [0.15, 0.2) is 0 Å². The number of thioether (sulfide) groups is 2. The van der Waals surface area contributed by atoms with Gasteiger partial charge in [0.2, 0.25) is 6.41 Å². The summed E-state index contributed by atoms with van der Waals surface area (Å²) < 4.78 is 0. The van der Waals surface area contributed by atoms with Gasteiger partial charge in [-0.3, -0.25) is 14.5 Å². The number of carbonyl (C=O) groups is 3. The Labute approximate surface area is 112 Å². The van der Waals surface area contributed by atoms with Gasteiger partial charge < -0.3 is 10.4 Å². The first kappa shape index (κ1) is 13.3. The van der Waals surface area contributed by atoms with Gasteiger partial charge in [0.05, 0.1) is 0 Å². The third kappa shape index (κ3) is 1.99. The fraction of sp³-hybridized carbons (Fsp3) is 0.500.